The van der Waals surface area contributed by atoms with Crippen LogP contribution >= 0.6 is 0 Å². The predicted octanol–water partition coefficient (Wildman–Crippen LogP) is 1.28. The van der Waals surface area contributed by atoms with E-state index < -0.39 is 0 Å². The third-order valence-electron chi connectivity index (χ3n) is 3.23. The van der Waals surface area contributed by atoms with Crippen LogP contribution in [0.1, 0.15) is 23.2 Å². The molecule has 18 heavy (non-hydrogen) atoms. The number of aromatic nitrogens is 1. The molecule has 2 N–H and O–H groups in total. The summed E-state index contributed by atoms with van der Waals surface area (Å²) in [7, 11) is 1.78. The van der Waals surface area contributed by atoms with Crippen molar-refractivity contribution >= 4 is 11.6 Å². The lowest BCUT2D eigenvalue weighted by molar-refractivity contribution is 0.0643. The summed E-state index contributed by atoms with van der Waals surface area (Å²) < 4.78 is 5.30. The molecule has 1 aliphatic rings. The second-order valence-corrected chi connectivity index (χ2v) is 4.44. The molecule has 1 aromatic heterocycles. The SMILES string of the molecule is CNc1cnccc1C(=O)NCC1CCOCC1. The Morgan fingerprint density at radius 3 is 3.00 bits per heavy atom. The van der Waals surface area contributed by atoms with Gasteiger partial charge in [-0.2, -0.15) is 0 Å². The Morgan fingerprint density at radius 1 is 1.50 bits per heavy atom. The van der Waals surface area contributed by atoms with Crippen molar-refractivity contribution < 1.29 is 9.53 Å². The zero-order valence-electron chi connectivity index (χ0n) is 10.6. The fourth-order valence-corrected chi connectivity index (χ4v) is 2.07. The number of hydrogen-bond donors (Lipinski definition) is 2. The van der Waals surface area contributed by atoms with E-state index in [1.165, 1.54) is 0 Å². The van der Waals surface area contributed by atoms with Crippen molar-refractivity contribution in [2.75, 3.05) is 32.1 Å². The standard InChI is InChI=1S/C13H19N3O2/c1-14-12-9-15-5-2-11(12)13(17)16-8-10-3-6-18-7-4-10/h2,5,9-10,14H,3-4,6-8H2,1H3,(H,16,17). The number of ether oxygens (including phenoxy) is 1. The third-order valence-corrected chi connectivity index (χ3v) is 3.23. The number of carbonyl (C=O) groups excluding carboxylic acids is 1. The van der Waals surface area contributed by atoms with Crippen LogP contribution in [0.3, 0.4) is 0 Å². The number of nitrogens with one attached hydrogen (secondary N) is 2. The second-order valence-electron chi connectivity index (χ2n) is 4.44. The number of hydrogen-bond acceptors (Lipinski definition) is 4. The molecule has 2 rings (SSSR count). The van der Waals surface area contributed by atoms with Gasteiger partial charge >= 0.3 is 0 Å². The average Bonchev–Trinajstić information content (AvgIpc) is 2.45. The van der Waals surface area contributed by atoms with Crippen LogP contribution in [0.15, 0.2) is 18.5 Å². The molecule has 1 saturated heterocycles. The summed E-state index contributed by atoms with van der Waals surface area (Å²) in [5.41, 5.74) is 1.39. The predicted molar refractivity (Wildman–Crippen MR) is 69.7 cm³/mol. The molecule has 0 saturated carbocycles. The molecule has 0 aliphatic carbocycles. The van der Waals surface area contributed by atoms with Crippen molar-refractivity contribution in [3.05, 3.63) is 24.0 Å². The molecule has 0 unspecified atom stereocenters. The molecule has 0 radical (unpaired) electrons. The summed E-state index contributed by atoms with van der Waals surface area (Å²) in [4.78, 5) is 16.0. The number of amides is 1. The lowest BCUT2D eigenvalue weighted by atomic mass is 10.0. The summed E-state index contributed by atoms with van der Waals surface area (Å²) in [5.74, 6) is 0.482. The van der Waals surface area contributed by atoms with Crippen molar-refractivity contribution in [1.82, 2.24) is 10.3 Å². The monoisotopic (exact) mass is 249 g/mol. The summed E-state index contributed by atoms with van der Waals surface area (Å²) >= 11 is 0. The van der Waals surface area contributed by atoms with Crippen molar-refractivity contribution in [3.8, 4) is 0 Å². The van der Waals surface area contributed by atoms with E-state index in [1.54, 1.807) is 25.5 Å². The molecule has 5 heteroatoms. The largest absolute Gasteiger partial charge is 0.386 e. The summed E-state index contributed by atoms with van der Waals surface area (Å²) in [6.07, 6.45) is 5.33. The minimum absolute atomic E-state index is 0.0479. The molecule has 1 aromatic rings. The van der Waals surface area contributed by atoms with Gasteiger partial charge in [-0.25, -0.2) is 0 Å². The van der Waals surface area contributed by atoms with E-state index in [0.717, 1.165) is 31.7 Å². The molecular formula is C13H19N3O2. The van der Waals surface area contributed by atoms with Gasteiger partial charge in [0.05, 0.1) is 17.4 Å². The van der Waals surface area contributed by atoms with E-state index in [-0.39, 0.29) is 5.91 Å². The Balaban J connectivity index is 1.90. The second kappa shape index (κ2) is 6.35. The number of carbonyl (C=O) groups is 1. The fraction of sp³-hybridized carbons (Fsp3) is 0.538. The van der Waals surface area contributed by atoms with Crippen LogP contribution in [-0.2, 0) is 4.74 Å². The number of pyridine rings is 1. The molecule has 5 nitrogen and oxygen atoms in total. The highest BCUT2D eigenvalue weighted by Crippen LogP contribution is 2.15. The van der Waals surface area contributed by atoms with Crippen LogP contribution in [0.5, 0.6) is 0 Å². The van der Waals surface area contributed by atoms with Crippen molar-refractivity contribution in [2.24, 2.45) is 5.92 Å². The van der Waals surface area contributed by atoms with E-state index in [1.807, 2.05) is 0 Å². The zero-order valence-corrected chi connectivity index (χ0v) is 10.6. The van der Waals surface area contributed by atoms with Gasteiger partial charge in [-0.05, 0) is 24.8 Å². The molecular weight excluding hydrogens is 230 g/mol. The van der Waals surface area contributed by atoms with Crippen LogP contribution in [0.25, 0.3) is 0 Å². The normalized spacial score (nSPS) is 16.3. The topological polar surface area (TPSA) is 63.2 Å². The van der Waals surface area contributed by atoms with Gasteiger partial charge in [0.2, 0.25) is 0 Å². The highest BCUT2D eigenvalue weighted by Gasteiger charge is 2.16. The molecule has 98 valence electrons. The van der Waals surface area contributed by atoms with Crippen LogP contribution in [-0.4, -0.2) is 37.7 Å². The van der Waals surface area contributed by atoms with E-state index in [2.05, 4.69) is 15.6 Å². The van der Waals surface area contributed by atoms with Crippen LogP contribution in [0, 0.1) is 5.92 Å². The molecule has 0 spiro atoms. The van der Waals surface area contributed by atoms with Crippen LogP contribution < -0.4 is 10.6 Å². The van der Waals surface area contributed by atoms with Gasteiger partial charge in [0.25, 0.3) is 5.91 Å². The van der Waals surface area contributed by atoms with Gasteiger partial charge in [-0.1, -0.05) is 0 Å². The Hall–Kier alpha value is -1.62. The maximum atomic E-state index is 12.1. The number of anilines is 1. The lowest BCUT2D eigenvalue weighted by Gasteiger charge is -2.22. The van der Waals surface area contributed by atoms with Crippen molar-refractivity contribution in [1.29, 1.82) is 0 Å². The lowest BCUT2D eigenvalue weighted by Crippen LogP contribution is -2.32. The molecule has 1 aliphatic heterocycles. The smallest absolute Gasteiger partial charge is 0.253 e. The molecule has 0 aromatic carbocycles. The van der Waals surface area contributed by atoms with Gasteiger partial charge in [0, 0.05) is 33.0 Å². The van der Waals surface area contributed by atoms with E-state index >= 15 is 0 Å². The maximum Gasteiger partial charge on any atom is 0.253 e. The van der Waals surface area contributed by atoms with Gasteiger partial charge in [0.15, 0.2) is 0 Å². The Kier molecular flexibility index (Phi) is 4.52. The van der Waals surface area contributed by atoms with E-state index in [4.69, 9.17) is 4.74 Å². The quantitative estimate of drug-likeness (QED) is 0.843. The molecule has 0 atom stereocenters. The third kappa shape index (κ3) is 3.20. The first-order chi connectivity index (χ1) is 8.81. The van der Waals surface area contributed by atoms with Gasteiger partial charge in [0.1, 0.15) is 0 Å². The summed E-state index contributed by atoms with van der Waals surface area (Å²) in [6.45, 7) is 2.32. The summed E-state index contributed by atoms with van der Waals surface area (Å²) in [6, 6.07) is 1.73. The zero-order chi connectivity index (χ0) is 12.8. The minimum atomic E-state index is -0.0479. The van der Waals surface area contributed by atoms with Crippen molar-refractivity contribution in [3.63, 3.8) is 0 Å². The van der Waals surface area contributed by atoms with Crippen LogP contribution in [0.2, 0.25) is 0 Å². The highest BCUT2D eigenvalue weighted by atomic mass is 16.5. The van der Waals surface area contributed by atoms with Crippen LogP contribution in [0.4, 0.5) is 5.69 Å². The van der Waals surface area contributed by atoms with Gasteiger partial charge in [-0.15, -0.1) is 0 Å². The van der Waals surface area contributed by atoms with E-state index in [0.29, 0.717) is 18.0 Å². The minimum Gasteiger partial charge on any atom is -0.386 e. The first kappa shape index (κ1) is 12.8. The molecule has 1 fully saturated rings. The van der Waals surface area contributed by atoms with Crippen molar-refractivity contribution in [2.45, 2.75) is 12.8 Å². The first-order valence-electron chi connectivity index (χ1n) is 6.29. The first-order valence-corrected chi connectivity index (χ1v) is 6.29. The average molecular weight is 249 g/mol. The fourth-order valence-electron chi connectivity index (χ4n) is 2.07. The number of nitrogens with zero attached hydrogens (tertiary/aromatic N) is 1. The van der Waals surface area contributed by atoms with Gasteiger partial charge < -0.3 is 15.4 Å². The number of rotatable bonds is 4. The Bertz CT molecular complexity index is 403. The summed E-state index contributed by atoms with van der Waals surface area (Å²) in [5, 5.41) is 5.95. The molecule has 1 amide bonds. The highest BCUT2D eigenvalue weighted by molar-refractivity contribution is 5.99. The van der Waals surface area contributed by atoms with E-state index in [9.17, 15) is 4.79 Å². The Labute approximate surface area is 107 Å². The maximum absolute atomic E-state index is 12.1. The van der Waals surface area contributed by atoms with Gasteiger partial charge in [-0.3, -0.25) is 9.78 Å². The Morgan fingerprint density at radius 2 is 2.28 bits per heavy atom. The molecule has 2 heterocycles. The molecule has 0 bridgehead atoms.